The van der Waals surface area contributed by atoms with Crippen molar-refractivity contribution < 1.29 is 19.7 Å². The summed E-state index contributed by atoms with van der Waals surface area (Å²) in [6.07, 6.45) is -1.57. The van der Waals surface area contributed by atoms with Crippen LogP contribution in [-0.4, -0.2) is 52.9 Å². The highest BCUT2D eigenvalue weighted by Gasteiger charge is 2.32. The Balaban J connectivity index is 1.78. The molecule has 20 heavy (non-hydrogen) atoms. The molecular weight excluding hydrogens is 305 g/mol. The fourth-order valence-corrected chi connectivity index (χ4v) is 2.24. The number of halogens is 2. The minimum Gasteiger partial charge on any atom is -0.493 e. The maximum absolute atomic E-state index is 11.8. The van der Waals surface area contributed by atoms with Crippen molar-refractivity contribution in [2.75, 3.05) is 19.7 Å². The lowest BCUT2D eigenvalue weighted by atomic mass is 10.3. The van der Waals surface area contributed by atoms with E-state index in [-0.39, 0.29) is 32.0 Å². The van der Waals surface area contributed by atoms with Crippen molar-refractivity contribution in [3.05, 3.63) is 28.2 Å². The van der Waals surface area contributed by atoms with Crippen molar-refractivity contribution >= 4 is 29.1 Å². The molecule has 0 bridgehead atoms. The van der Waals surface area contributed by atoms with E-state index in [9.17, 15) is 15.0 Å². The highest BCUT2D eigenvalue weighted by atomic mass is 35.5. The number of carbonyl (C=O) groups excluding carboxylic acids is 1. The van der Waals surface area contributed by atoms with Crippen LogP contribution in [0.25, 0.3) is 0 Å². The summed E-state index contributed by atoms with van der Waals surface area (Å²) in [6.45, 7) is 0.513. The van der Waals surface area contributed by atoms with Gasteiger partial charge in [0, 0.05) is 19.2 Å². The second-order valence-electron chi connectivity index (χ2n) is 4.61. The summed E-state index contributed by atoms with van der Waals surface area (Å²) in [4.78, 5) is 13.2. The van der Waals surface area contributed by atoms with E-state index in [1.54, 1.807) is 18.2 Å². The summed E-state index contributed by atoms with van der Waals surface area (Å²) in [5, 5.41) is 19.6. The molecular formula is C13H15Cl2NO4. The van der Waals surface area contributed by atoms with Gasteiger partial charge in [-0.05, 0) is 12.1 Å². The number of hydrogen-bond donors (Lipinski definition) is 2. The molecule has 1 amide bonds. The monoisotopic (exact) mass is 319 g/mol. The maximum atomic E-state index is 11.8. The van der Waals surface area contributed by atoms with Crippen molar-refractivity contribution in [3.8, 4) is 5.75 Å². The molecule has 1 heterocycles. The van der Waals surface area contributed by atoms with E-state index in [2.05, 4.69) is 0 Å². The second kappa shape index (κ2) is 6.63. The van der Waals surface area contributed by atoms with Gasteiger partial charge in [-0.15, -0.1) is 0 Å². The fraction of sp³-hybridized carbons (Fsp3) is 0.462. The molecule has 0 aromatic heterocycles. The number of nitrogens with zero attached hydrogens (tertiary/aromatic N) is 1. The molecule has 110 valence electrons. The molecule has 1 aliphatic rings. The first-order valence-electron chi connectivity index (χ1n) is 6.19. The second-order valence-corrected chi connectivity index (χ2v) is 5.42. The molecule has 1 saturated heterocycles. The van der Waals surface area contributed by atoms with Gasteiger partial charge in [0.25, 0.3) is 0 Å². The molecule has 7 heteroatoms. The summed E-state index contributed by atoms with van der Waals surface area (Å²) < 4.78 is 5.41. The highest BCUT2D eigenvalue weighted by Crippen LogP contribution is 2.26. The Labute approximate surface area is 126 Å². The van der Waals surface area contributed by atoms with Crippen molar-refractivity contribution in [2.45, 2.75) is 18.6 Å². The van der Waals surface area contributed by atoms with Crippen LogP contribution in [0.5, 0.6) is 5.75 Å². The molecule has 2 atom stereocenters. The predicted octanol–water partition coefficient (Wildman–Crippen LogP) is 1.33. The van der Waals surface area contributed by atoms with Crippen LogP contribution >= 0.6 is 23.2 Å². The normalized spacial score (nSPS) is 22.1. The van der Waals surface area contributed by atoms with Gasteiger partial charge in [-0.2, -0.15) is 0 Å². The molecule has 1 fully saturated rings. The van der Waals surface area contributed by atoms with Crippen molar-refractivity contribution in [1.29, 1.82) is 0 Å². The van der Waals surface area contributed by atoms with Gasteiger partial charge >= 0.3 is 0 Å². The number of aliphatic hydroxyl groups excluding tert-OH is 2. The Bertz CT molecular complexity index is 487. The molecule has 1 aromatic carbocycles. The van der Waals surface area contributed by atoms with Crippen LogP contribution in [0.4, 0.5) is 0 Å². The predicted molar refractivity (Wildman–Crippen MR) is 75.2 cm³/mol. The molecule has 0 spiro atoms. The summed E-state index contributed by atoms with van der Waals surface area (Å²) in [5.41, 5.74) is 0. The summed E-state index contributed by atoms with van der Waals surface area (Å²) in [5.74, 6) is 0.370. The molecule has 0 radical (unpaired) electrons. The van der Waals surface area contributed by atoms with Crippen LogP contribution < -0.4 is 4.74 Å². The summed E-state index contributed by atoms with van der Waals surface area (Å²) in [6, 6.07) is 4.87. The van der Waals surface area contributed by atoms with E-state index in [1.807, 2.05) is 0 Å². The number of aliphatic hydroxyl groups is 2. The quantitative estimate of drug-likeness (QED) is 0.878. The zero-order valence-electron chi connectivity index (χ0n) is 10.6. The van der Waals surface area contributed by atoms with E-state index in [4.69, 9.17) is 27.9 Å². The average Bonchev–Trinajstić information content (AvgIpc) is 2.74. The van der Waals surface area contributed by atoms with E-state index in [1.165, 1.54) is 4.90 Å². The van der Waals surface area contributed by atoms with Crippen LogP contribution in [0.15, 0.2) is 18.2 Å². The van der Waals surface area contributed by atoms with Crippen LogP contribution in [0.1, 0.15) is 6.42 Å². The van der Waals surface area contributed by atoms with Gasteiger partial charge in [0.15, 0.2) is 0 Å². The number of carbonyl (C=O) groups is 1. The first-order chi connectivity index (χ1) is 9.47. The van der Waals surface area contributed by atoms with Crippen molar-refractivity contribution in [1.82, 2.24) is 4.90 Å². The number of rotatable bonds is 4. The smallest absolute Gasteiger partial charge is 0.226 e. The van der Waals surface area contributed by atoms with E-state index >= 15 is 0 Å². The Morgan fingerprint density at radius 1 is 1.25 bits per heavy atom. The van der Waals surface area contributed by atoms with Crippen LogP contribution in [0, 0.1) is 0 Å². The zero-order chi connectivity index (χ0) is 14.7. The fourth-order valence-electron chi connectivity index (χ4n) is 1.95. The van der Waals surface area contributed by atoms with Gasteiger partial charge in [0.2, 0.25) is 5.91 Å². The maximum Gasteiger partial charge on any atom is 0.226 e. The summed E-state index contributed by atoms with van der Waals surface area (Å²) in [7, 11) is 0. The third kappa shape index (κ3) is 3.76. The van der Waals surface area contributed by atoms with Crippen LogP contribution in [0.3, 0.4) is 0 Å². The molecule has 5 nitrogen and oxygen atoms in total. The van der Waals surface area contributed by atoms with Crippen LogP contribution in [0.2, 0.25) is 10.0 Å². The number of benzene rings is 1. The van der Waals surface area contributed by atoms with Crippen molar-refractivity contribution in [2.24, 2.45) is 0 Å². The van der Waals surface area contributed by atoms with E-state index < -0.39 is 12.2 Å². The minimum absolute atomic E-state index is 0.159. The Morgan fingerprint density at radius 2 is 1.90 bits per heavy atom. The largest absolute Gasteiger partial charge is 0.493 e. The van der Waals surface area contributed by atoms with E-state index in [0.717, 1.165) is 0 Å². The zero-order valence-corrected chi connectivity index (χ0v) is 12.1. The molecule has 2 N–H and O–H groups in total. The van der Waals surface area contributed by atoms with Crippen molar-refractivity contribution in [3.63, 3.8) is 0 Å². The average molecular weight is 320 g/mol. The van der Waals surface area contributed by atoms with Gasteiger partial charge in [0.1, 0.15) is 5.75 Å². The number of likely N-dealkylation sites (tertiary alicyclic amines) is 1. The number of hydrogen-bond acceptors (Lipinski definition) is 4. The number of amides is 1. The number of ether oxygens (including phenoxy) is 1. The van der Waals surface area contributed by atoms with E-state index in [0.29, 0.717) is 15.8 Å². The Morgan fingerprint density at radius 3 is 2.50 bits per heavy atom. The first-order valence-corrected chi connectivity index (χ1v) is 6.94. The molecule has 1 aromatic rings. The molecule has 2 rings (SSSR count). The molecule has 1 aliphatic heterocycles. The SMILES string of the molecule is O=C(CCOc1ccc(Cl)c(Cl)c1)N1C[C@@H](O)[C@@H](O)C1. The topological polar surface area (TPSA) is 70.0 Å². The third-order valence-corrected chi connectivity index (χ3v) is 3.83. The van der Waals surface area contributed by atoms with Gasteiger partial charge in [-0.1, -0.05) is 23.2 Å². The van der Waals surface area contributed by atoms with Gasteiger partial charge in [-0.25, -0.2) is 0 Å². The molecule has 0 aliphatic carbocycles. The third-order valence-electron chi connectivity index (χ3n) is 3.09. The lowest BCUT2D eigenvalue weighted by Gasteiger charge is -2.15. The molecule has 0 unspecified atom stereocenters. The lowest BCUT2D eigenvalue weighted by molar-refractivity contribution is -0.131. The first kappa shape index (κ1) is 15.4. The van der Waals surface area contributed by atoms with Gasteiger partial charge < -0.3 is 19.8 Å². The summed E-state index contributed by atoms with van der Waals surface area (Å²) >= 11 is 11.6. The van der Waals surface area contributed by atoms with Crippen LogP contribution in [-0.2, 0) is 4.79 Å². The van der Waals surface area contributed by atoms with Gasteiger partial charge in [0.05, 0.1) is 35.3 Å². The Kier molecular flexibility index (Phi) is 5.10. The van der Waals surface area contributed by atoms with Gasteiger partial charge in [-0.3, -0.25) is 4.79 Å². The Hall–Kier alpha value is -1.01. The lowest BCUT2D eigenvalue weighted by Crippen LogP contribution is -2.30. The standard InChI is InChI=1S/C13H15Cl2NO4/c14-9-2-1-8(5-10(9)15)20-4-3-13(19)16-6-11(17)12(18)7-16/h1-2,5,11-12,17-18H,3-4,6-7H2/t11-,12+. The highest BCUT2D eigenvalue weighted by molar-refractivity contribution is 6.42. The minimum atomic E-state index is -0.866. The molecule has 0 saturated carbocycles. The number of β-amino-alcohol motifs (C(OH)–C–C–N with tert-alkyl or cyclic N) is 2.